The Balaban J connectivity index is 1.55. The first-order chi connectivity index (χ1) is 12.8. The number of rotatable bonds is 4. The molecule has 3 heterocycles. The van der Waals surface area contributed by atoms with Crippen molar-refractivity contribution in [2.24, 2.45) is 0 Å². The van der Waals surface area contributed by atoms with Gasteiger partial charge in [0.05, 0.1) is 6.20 Å². The zero-order valence-corrected chi connectivity index (χ0v) is 14.2. The summed E-state index contributed by atoms with van der Waals surface area (Å²) in [5, 5.41) is 8.29. The highest BCUT2D eigenvalue weighted by Crippen LogP contribution is 2.27. The van der Waals surface area contributed by atoms with Crippen LogP contribution in [0.2, 0.25) is 0 Å². The van der Waals surface area contributed by atoms with Crippen LogP contribution in [0, 0.1) is 0 Å². The van der Waals surface area contributed by atoms with E-state index in [-0.39, 0.29) is 23.2 Å². The molecule has 1 saturated heterocycles. The molecule has 144 valence electrons. The zero-order valence-electron chi connectivity index (χ0n) is 14.2. The van der Waals surface area contributed by atoms with Gasteiger partial charge >= 0.3 is 6.18 Å². The first-order valence-electron chi connectivity index (χ1n) is 8.29. The number of nitrogens with one attached hydrogen (secondary N) is 2. The molecule has 0 unspecified atom stereocenters. The maximum absolute atomic E-state index is 12.3. The third-order valence-corrected chi connectivity index (χ3v) is 4.28. The van der Waals surface area contributed by atoms with E-state index < -0.39 is 18.6 Å². The molecule has 0 aliphatic carbocycles. The second-order valence-electron chi connectivity index (χ2n) is 6.16. The Morgan fingerprint density at radius 3 is 2.59 bits per heavy atom. The van der Waals surface area contributed by atoms with Gasteiger partial charge in [-0.25, -0.2) is 4.98 Å². The number of alkyl halides is 3. The summed E-state index contributed by atoms with van der Waals surface area (Å²) in [6.45, 7) is -0.416. The Hall–Kier alpha value is -2.98. The number of carbonyl (C=O) groups is 2. The first kappa shape index (κ1) is 18.8. The van der Waals surface area contributed by atoms with Crippen LogP contribution in [-0.4, -0.2) is 62.7 Å². The molecule has 2 amide bonds. The van der Waals surface area contributed by atoms with Crippen LogP contribution >= 0.6 is 0 Å². The number of H-pyrrole nitrogens is 1. The van der Waals surface area contributed by atoms with Gasteiger partial charge in [0, 0.05) is 37.1 Å². The highest BCUT2D eigenvalue weighted by molar-refractivity contribution is 5.92. The van der Waals surface area contributed by atoms with Crippen LogP contribution in [0.25, 0.3) is 0 Å². The molecule has 0 bridgehead atoms. The van der Waals surface area contributed by atoms with E-state index in [1.807, 2.05) is 0 Å². The van der Waals surface area contributed by atoms with E-state index in [4.69, 9.17) is 0 Å². The molecule has 0 spiro atoms. The van der Waals surface area contributed by atoms with Crippen LogP contribution in [0.1, 0.15) is 45.4 Å². The number of hydrogen-bond acceptors (Lipinski definition) is 5. The van der Waals surface area contributed by atoms with Crippen molar-refractivity contribution in [1.29, 1.82) is 0 Å². The minimum absolute atomic E-state index is 0.0348. The van der Waals surface area contributed by atoms with E-state index in [0.717, 1.165) is 0 Å². The Morgan fingerprint density at radius 1 is 1.22 bits per heavy atom. The number of likely N-dealkylation sites (tertiary alicyclic amines) is 1. The van der Waals surface area contributed by atoms with Gasteiger partial charge in [-0.05, 0) is 18.9 Å². The fourth-order valence-corrected chi connectivity index (χ4v) is 2.90. The molecular weight excluding hydrogens is 365 g/mol. The van der Waals surface area contributed by atoms with Gasteiger partial charge in [0.2, 0.25) is 0 Å². The van der Waals surface area contributed by atoms with Crippen LogP contribution in [-0.2, 0) is 0 Å². The van der Waals surface area contributed by atoms with Crippen molar-refractivity contribution < 1.29 is 22.8 Å². The maximum Gasteiger partial charge on any atom is 0.405 e. The molecule has 0 radical (unpaired) electrons. The van der Waals surface area contributed by atoms with Gasteiger partial charge in [0.15, 0.2) is 0 Å². The lowest BCUT2D eigenvalue weighted by Gasteiger charge is -2.31. The van der Waals surface area contributed by atoms with Crippen LogP contribution in [0.5, 0.6) is 0 Å². The van der Waals surface area contributed by atoms with Crippen LogP contribution < -0.4 is 5.32 Å². The number of nitrogens with zero attached hydrogens (tertiary/aromatic N) is 4. The number of piperidine rings is 1. The lowest BCUT2D eigenvalue weighted by Crippen LogP contribution is -2.38. The molecule has 11 heteroatoms. The number of aromatic amines is 1. The van der Waals surface area contributed by atoms with Crippen molar-refractivity contribution in [2.75, 3.05) is 19.6 Å². The van der Waals surface area contributed by atoms with Gasteiger partial charge in [0.1, 0.15) is 17.9 Å². The van der Waals surface area contributed by atoms with Gasteiger partial charge in [-0.2, -0.15) is 18.3 Å². The molecule has 2 N–H and O–H groups in total. The van der Waals surface area contributed by atoms with E-state index in [0.29, 0.717) is 31.6 Å². The van der Waals surface area contributed by atoms with E-state index in [9.17, 15) is 22.8 Å². The van der Waals surface area contributed by atoms with Crippen molar-refractivity contribution >= 4 is 11.8 Å². The molecule has 2 aromatic heterocycles. The normalized spacial score (nSPS) is 15.6. The van der Waals surface area contributed by atoms with Crippen molar-refractivity contribution in [3.8, 4) is 0 Å². The lowest BCUT2D eigenvalue weighted by atomic mass is 9.93. The van der Waals surface area contributed by atoms with Gasteiger partial charge in [-0.1, -0.05) is 0 Å². The molecule has 1 fully saturated rings. The van der Waals surface area contributed by atoms with E-state index in [2.05, 4.69) is 20.2 Å². The molecule has 0 aromatic carbocycles. The summed E-state index contributed by atoms with van der Waals surface area (Å²) >= 11 is 0. The van der Waals surface area contributed by atoms with Crippen molar-refractivity contribution in [3.05, 3.63) is 41.7 Å². The second kappa shape index (κ2) is 7.72. The molecule has 0 atom stereocenters. The highest BCUT2D eigenvalue weighted by Gasteiger charge is 2.29. The number of halogens is 3. The fourth-order valence-electron chi connectivity index (χ4n) is 2.90. The van der Waals surface area contributed by atoms with Crippen LogP contribution in [0.4, 0.5) is 13.2 Å². The predicted molar refractivity (Wildman–Crippen MR) is 86.9 cm³/mol. The van der Waals surface area contributed by atoms with Crippen LogP contribution in [0.15, 0.2) is 24.7 Å². The van der Waals surface area contributed by atoms with E-state index in [1.165, 1.54) is 24.7 Å². The molecule has 3 rings (SSSR count). The van der Waals surface area contributed by atoms with Gasteiger partial charge in [-0.15, -0.1) is 0 Å². The van der Waals surface area contributed by atoms with E-state index in [1.54, 1.807) is 10.2 Å². The minimum Gasteiger partial charge on any atom is -0.342 e. The van der Waals surface area contributed by atoms with Crippen molar-refractivity contribution in [3.63, 3.8) is 0 Å². The first-order valence-corrected chi connectivity index (χ1v) is 8.29. The molecule has 1 aliphatic rings. The summed E-state index contributed by atoms with van der Waals surface area (Å²) in [5.74, 6) is -1.05. The van der Waals surface area contributed by atoms with Crippen molar-refractivity contribution in [1.82, 2.24) is 30.4 Å². The quantitative estimate of drug-likeness (QED) is 0.834. The summed E-state index contributed by atoms with van der Waals surface area (Å²) < 4.78 is 36.5. The predicted octanol–water partition coefficient (Wildman–Crippen LogP) is 1.51. The number of hydrogen-bond donors (Lipinski definition) is 2. The standard InChI is InChI=1S/C16H17F3N6O2/c17-16(18,19)9-22-14(26)12-7-11(23-24-12)10-1-5-25(6-2-10)15(27)13-8-20-3-4-21-13/h3-4,7-8,10H,1-2,5-6,9H2,(H,22,26)(H,23,24). The summed E-state index contributed by atoms with van der Waals surface area (Å²) in [6, 6.07) is 1.45. The van der Waals surface area contributed by atoms with Gasteiger partial charge < -0.3 is 10.2 Å². The molecule has 1 aliphatic heterocycles. The second-order valence-corrected chi connectivity index (χ2v) is 6.16. The Kier molecular flexibility index (Phi) is 5.38. The summed E-state index contributed by atoms with van der Waals surface area (Å²) in [5.41, 5.74) is 0.854. The molecule has 0 saturated carbocycles. The van der Waals surface area contributed by atoms with Gasteiger partial charge in [-0.3, -0.25) is 19.7 Å². The Bertz CT molecular complexity index is 800. The largest absolute Gasteiger partial charge is 0.405 e. The van der Waals surface area contributed by atoms with E-state index >= 15 is 0 Å². The average Bonchev–Trinajstić information content (AvgIpc) is 3.16. The maximum atomic E-state index is 12.3. The molecule has 27 heavy (non-hydrogen) atoms. The summed E-state index contributed by atoms with van der Waals surface area (Å²) in [4.78, 5) is 33.6. The fraction of sp³-hybridized carbons (Fsp3) is 0.438. The SMILES string of the molecule is O=C(NCC(F)(F)F)c1cc(C2CCN(C(=O)c3cnccn3)CC2)[nH]n1. The third kappa shape index (κ3) is 4.80. The number of amides is 2. The third-order valence-electron chi connectivity index (χ3n) is 4.28. The Morgan fingerprint density at radius 2 is 1.96 bits per heavy atom. The number of carbonyl (C=O) groups excluding carboxylic acids is 2. The molecule has 2 aromatic rings. The monoisotopic (exact) mass is 382 g/mol. The minimum atomic E-state index is -4.47. The summed E-state index contributed by atoms with van der Waals surface area (Å²) in [7, 11) is 0. The smallest absolute Gasteiger partial charge is 0.342 e. The molecule has 8 nitrogen and oxygen atoms in total. The number of aromatic nitrogens is 4. The highest BCUT2D eigenvalue weighted by atomic mass is 19.4. The van der Waals surface area contributed by atoms with Crippen molar-refractivity contribution in [2.45, 2.75) is 24.9 Å². The average molecular weight is 382 g/mol. The van der Waals surface area contributed by atoms with Gasteiger partial charge in [0.25, 0.3) is 11.8 Å². The molecular formula is C16H17F3N6O2. The Labute approximate surface area is 152 Å². The topological polar surface area (TPSA) is 104 Å². The summed E-state index contributed by atoms with van der Waals surface area (Å²) in [6.07, 6.45) is 1.15. The zero-order chi connectivity index (χ0) is 19.4. The lowest BCUT2D eigenvalue weighted by molar-refractivity contribution is -0.123. The van der Waals surface area contributed by atoms with Crippen LogP contribution in [0.3, 0.4) is 0 Å².